The van der Waals surface area contributed by atoms with Crippen molar-refractivity contribution in [2.75, 3.05) is 13.7 Å². The molecule has 0 bridgehead atoms. The van der Waals surface area contributed by atoms with Crippen LogP contribution < -0.4 is 5.73 Å². The Balaban J connectivity index is 1.90. The van der Waals surface area contributed by atoms with Crippen LogP contribution in [0.1, 0.15) is 5.89 Å². The third-order valence-corrected chi connectivity index (χ3v) is 3.15. The van der Waals surface area contributed by atoms with Gasteiger partial charge in [0.15, 0.2) is 0 Å². The maximum Gasteiger partial charge on any atom is 0.229 e. The zero-order valence-electron chi connectivity index (χ0n) is 11.0. The van der Waals surface area contributed by atoms with Gasteiger partial charge in [0.1, 0.15) is 5.69 Å². The average molecular weight is 273 g/mol. The van der Waals surface area contributed by atoms with E-state index in [1.807, 2.05) is 24.3 Å². The topological polar surface area (TPSA) is 103 Å². The zero-order chi connectivity index (χ0) is 13.9. The molecule has 3 rings (SSSR count). The van der Waals surface area contributed by atoms with Gasteiger partial charge >= 0.3 is 0 Å². The fourth-order valence-corrected chi connectivity index (χ4v) is 2.03. The van der Waals surface area contributed by atoms with Crippen molar-refractivity contribution in [1.82, 2.24) is 20.3 Å². The molecule has 0 saturated carbocycles. The number of H-pyrrole nitrogens is 1. The molecule has 3 aromatic rings. The number of nitrogens with two attached hydrogens (primary N) is 1. The van der Waals surface area contributed by atoms with E-state index in [9.17, 15) is 0 Å². The lowest BCUT2D eigenvalue weighted by molar-refractivity contribution is 0.102. The van der Waals surface area contributed by atoms with Gasteiger partial charge in [0.2, 0.25) is 11.7 Å². The number of hydrogen-bond donors (Lipinski definition) is 2. The minimum absolute atomic E-state index is 0.126. The quantitative estimate of drug-likeness (QED) is 0.722. The van der Waals surface area contributed by atoms with Gasteiger partial charge in [-0.1, -0.05) is 23.4 Å². The summed E-state index contributed by atoms with van der Waals surface area (Å²) in [5, 5.41) is 12.1. The molecule has 2 aromatic heterocycles. The molecule has 3 N–H and O–H groups in total. The Bertz CT molecular complexity index is 701. The number of ether oxygens (including phenoxy) is 1. The van der Waals surface area contributed by atoms with Gasteiger partial charge in [0.05, 0.1) is 18.0 Å². The van der Waals surface area contributed by atoms with E-state index in [0.29, 0.717) is 30.4 Å². The van der Waals surface area contributed by atoms with Gasteiger partial charge in [-0.05, 0) is 6.07 Å². The molecule has 0 fully saturated rings. The minimum Gasteiger partial charge on any atom is -0.380 e. The smallest absolute Gasteiger partial charge is 0.229 e. The molecule has 0 radical (unpaired) electrons. The van der Waals surface area contributed by atoms with E-state index in [1.165, 1.54) is 0 Å². The second kappa shape index (κ2) is 5.40. The molecule has 1 unspecified atom stereocenters. The number of nitrogens with one attached hydrogen (secondary N) is 1. The molecule has 0 aliphatic rings. The lowest BCUT2D eigenvalue weighted by Crippen LogP contribution is -2.24. The van der Waals surface area contributed by atoms with E-state index >= 15 is 0 Å². The molecule has 0 amide bonds. The molecule has 1 aromatic carbocycles. The van der Waals surface area contributed by atoms with E-state index < -0.39 is 0 Å². The number of para-hydroxylation sites is 1. The van der Waals surface area contributed by atoms with Crippen LogP contribution >= 0.6 is 0 Å². The van der Waals surface area contributed by atoms with E-state index in [2.05, 4.69) is 20.3 Å². The van der Waals surface area contributed by atoms with Gasteiger partial charge in [0.25, 0.3) is 0 Å². The van der Waals surface area contributed by atoms with Crippen molar-refractivity contribution in [1.29, 1.82) is 0 Å². The summed E-state index contributed by atoms with van der Waals surface area (Å²) in [5.41, 5.74) is 7.19. The third kappa shape index (κ3) is 2.28. The van der Waals surface area contributed by atoms with Gasteiger partial charge in [-0.25, -0.2) is 0 Å². The molecule has 7 heteroatoms. The zero-order valence-corrected chi connectivity index (χ0v) is 11.0. The van der Waals surface area contributed by atoms with Crippen molar-refractivity contribution in [2.45, 2.75) is 12.5 Å². The SMILES string of the molecule is COC(CN)Cc1nc(-c2n[nH]c3ccccc23)no1. The lowest BCUT2D eigenvalue weighted by Gasteiger charge is -2.08. The predicted octanol–water partition coefficient (Wildman–Crippen LogP) is 1.13. The molecule has 7 nitrogen and oxygen atoms in total. The molecule has 0 aliphatic heterocycles. The number of nitrogens with zero attached hydrogens (tertiary/aromatic N) is 3. The molecular weight excluding hydrogens is 258 g/mol. The van der Waals surface area contributed by atoms with E-state index in [4.69, 9.17) is 15.0 Å². The number of aromatic nitrogens is 4. The largest absolute Gasteiger partial charge is 0.380 e. The van der Waals surface area contributed by atoms with Crippen molar-refractivity contribution >= 4 is 10.9 Å². The first-order chi connectivity index (χ1) is 9.81. The summed E-state index contributed by atoms with van der Waals surface area (Å²) in [7, 11) is 1.61. The number of hydrogen-bond acceptors (Lipinski definition) is 6. The summed E-state index contributed by atoms with van der Waals surface area (Å²) < 4.78 is 10.4. The highest BCUT2D eigenvalue weighted by atomic mass is 16.5. The van der Waals surface area contributed by atoms with Crippen molar-refractivity contribution in [3.63, 3.8) is 0 Å². The van der Waals surface area contributed by atoms with Crippen LogP contribution in [-0.4, -0.2) is 40.1 Å². The van der Waals surface area contributed by atoms with Crippen LogP contribution in [0, 0.1) is 0 Å². The maximum atomic E-state index is 5.57. The normalized spacial score (nSPS) is 12.9. The maximum absolute atomic E-state index is 5.57. The Morgan fingerprint density at radius 2 is 2.25 bits per heavy atom. The van der Waals surface area contributed by atoms with Crippen LogP contribution in [0.25, 0.3) is 22.4 Å². The van der Waals surface area contributed by atoms with Crippen LogP contribution in [0.4, 0.5) is 0 Å². The number of rotatable bonds is 5. The second-order valence-electron chi connectivity index (χ2n) is 4.43. The number of fused-ring (bicyclic) bond motifs is 1. The van der Waals surface area contributed by atoms with Crippen LogP contribution in [0.3, 0.4) is 0 Å². The molecule has 0 spiro atoms. The average Bonchev–Trinajstić information content (AvgIpc) is 3.11. The minimum atomic E-state index is -0.126. The number of aromatic amines is 1. The highest BCUT2D eigenvalue weighted by Crippen LogP contribution is 2.23. The highest BCUT2D eigenvalue weighted by molar-refractivity contribution is 5.90. The predicted molar refractivity (Wildman–Crippen MR) is 72.9 cm³/mol. The van der Waals surface area contributed by atoms with Crippen LogP contribution in [0.15, 0.2) is 28.8 Å². The van der Waals surface area contributed by atoms with Gasteiger partial charge < -0.3 is 15.0 Å². The van der Waals surface area contributed by atoms with Gasteiger partial charge in [0, 0.05) is 19.0 Å². The van der Waals surface area contributed by atoms with Crippen molar-refractivity contribution < 1.29 is 9.26 Å². The molecule has 0 saturated heterocycles. The first-order valence-corrected chi connectivity index (χ1v) is 6.30. The van der Waals surface area contributed by atoms with Crippen LogP contribution in [0.5, 0.6) is 0 Å². The van der Waals surface area contributed by atoms with Gasteiger partial charge in [-0.3, -0.25) is 5.10 Å². The Morgan fingerprint density at radius 1 is 1.40 bits per heavy atom. The van der Waals surface area contributed by atoms with Crippen LogP contribution in [0.2, 0.25) is 0 Å². The molecule has 104 valence electrons. The fourth-order valence-electron chi connectivity index (χ4n) is 2.03. The Morgan fingerprint density at radius 3 is 3.05 bits per heavy atom. The summed E-state index contributed by atoms with van der Waals surface area (Å²) in [5.74, 6) is 0.953. The highest BCUT2D eigenvalue weighted by Gasteiger charge is 2.17. The summed E-state index contributed by atoms with van der Waals surface area (Å²) in [6.07, 6.45) is 0.363. The lowest BCUT2D eigenvalue weighted by atomic mass is 10.2. The van der Waals surface area contributed by atoms with E-state index in [0.717, 1.165) is 10.9 Å². The fraction of sp³-hybridized carbons (Fsp3) is 0.308. The van der Waals surface area contributed by atoms with E-state index in [1.54, 1.807) is 7.11 Å². The van der Waals surface area contributed by atoms with Crippen molar-refractivity contribution in [3.8, 4) is 11.5 Å². The summed E-state index contributed by atoms with van der Waals surface area (Å²) in [6.45, 7) is 0.402. The monoisotopic (exact) mass is 273 g/mol. The Labute approximate surface area is 115 Å². The molecule has 0 aliphatic carbocycles. The number of benzene rings is 1. The molecule has 1 atom stereocenters. The first kappa shape index (κ1) is 12.8. The van der Waals surface area contributed by atoms with Gasteiger partial charge in [-0.2, -0.15) is 10.1 Å². The second-order valence-corrected chi connectivity index (χ2v) is 4.43. The number of methoxy groups -OCH3 is 1. The first-order valence-electron chi connectivity index (χ1n) is 6.30. The summed E-state index contributed by atoms with van der Waals surface area (Å²) >= 11 is 0. The summed E-state index contributed by atoms with van der Waals surface area (Å²) in [4.78, 5) is 4.34. The van der Waals surface area contributed by atoms with Gasteiger partial charge in [-0.15, -0.1) is 0 Å². The van der Waals surface area contributed by atoms with Crippen molar-refractivity contribution in [2.24, 2.45) is 5.73 Å². The standard InChI is InChI=1S/C13H15N5O2/c1-19-8(7-14)6-11-15-13(18-20-11)12-9-4-2-3-5-10(9)16-17-12/h2-5,8H,6-7,14H2,1H3,(H,16,17). The van der Waals surface area contributed by atoms with Crippen molar-refractivity contribution in [3.05, 3.63) is 30.2 Å². The Hall–Kier alpha value is -2.25. The van der Waals surface area contributed by atoms with Crippen LogP contribution in [-0.2, 0) is 11.2 Å². The Kier molecular flexibility index (Phi) is 3.44. The third-order valence-electron chi connectivity index (χ3n) is 3.15. The van der Waals surface area contributed by atoms with E-state index in [-0.39, 0.29) is 6.10 Å². The molecular formula is C13H15N5O2. The molecule has 2 heterocycles. The molecule has 20 heavy (non-hydrogen) atoms. The summed E-state index contributed by atoms with van der Waals surface area (Å²) in [6, 6.07) is 7.79.